The van der Waals surface area contributed by atoms with Crippen LogP contribution in [0.1, 0.15) is 27.2 Å². The van der Waals surface area contributed by atoms with Gasteiger partial charge in [-0.2, -0.15) is 0 Å². The third-order valence-electron chi connectivity index (χ3n) is 4.07. The number of ether oxygens (including phenoxy) is 10. The predicted molar refractivity (Wildman–Crippen MR) is 135 cm³/mol. The summed E-state index contributed by atoms with van der Waals surface area (Å²) in [4.78, 5) is 21.8. The maximum Gasteiger partial charge on any atom is 0.329 e. The first kappa shape index (κ1) is 36.6. The number of rotatable bonds is 29. The minimum atomic E-state index is -0.998. The van der Waals surface area contributed by atoms with Crippen molar-refractivity contribution >= 4 is 11.9 Å². The number of carboxylic acid groups (broad SMARTS) is 1. The van der Waals surface area contributed by atoms with Gasteiger partial charge in [0.05, 0.1) is 119 Å². The van der Waals surface area contributed by atoms with Crippen LogP contribution in [0.4, 0.5) is 0 Å². The fourth-order valence-corrected chi connectivity index (χ4v) is 2.47. The van der Waals surface area contributed by atoms with Gasteiger partial charge in [-0.1, -0.05) is 0 Å². The van der Waals surface area contributed by atoms with Crippen molar-refractivity contribution < 1.29 is 62.1 Å². The molecule has 13 heteroatoms. The molecule has 38 heavy (non-hydrogen) atoms. The Morgan fingerprint density at radius 2 is 0.737 bits per heavy atom. The number of esters is 1. The van der Waals surface area contributed by atoms with Gasteiger partial charge in [0.15, 0.2) is 0 Å². The first-order valence-electron chi connectivity index (χ1n) is 12.9. The minimum absolute atomic E-state index is 0.227. The molecule has 0 rings (SSSR count). The molecule has 0 unspecified atom stereocenters. The summed E-state index contributed by atoms with van der Waals surface area (Å²) in [7, 11) is 0. The van der Waals surface area contributed by atoms with Gasteiger partial charge < -0.3 is 52.5 Å². The summed E-state index contributed by atoms with van der Waals surface area (Å²) >= 11 is 0. The van der Waals surface area contributed by atoms with E-state index in [-0.39, 0.29) is 25.6 Å². The topological polar surface area (TPSA) is 147 Å². The Bertz CT molecular complexity index is 540. The van der Waals surface area contributed by atoms with E-state index in [0.29, 0.717) is 106 Å². The van der Waals surface area contributed by atoms with E-state index in [1.165, 1.54) is 0 Å². The van der Waals surface area contributed by atoms with Crippen molar-refractivity contribution in [3.63, 3.8) is 0 Å². The van der Waals surface area contributed by atoms with E-state index < -0.39 is 11.6 Å². The molecule has 226 valence electrons. The lowest BCUT2D eigenvalue weighted by atomic mass is 10.2. The summed E-state index contributed by atoms with van der Waals surface area (Å²) in [5.74, 6) is -1.27. The normalized spacial score (nSPS) is 11.7. The molecule has 0 bridgehead atoms. The van der Waals surface area contributed by atoms with Gasteiger partial charge in [0.25, 0.3) is 0 Å². The second-order valence-electron chi connectivity index (χ2n) is 8.68. The van der Waals surface area contributed by atoms with E-state index in [1.807, 2.05) is 20.8 Å². The van der Waals surface area contributed by atoms with Crippen molar-refractivity contribution in [1.29, 1.82) is 0 Å². The molecule has 0 aliphatic carbocycles. The fourth-order valence-electron chi connectivity index (χ4n) is 2.47. The van der Waals surface area contributed by atoms with Gasteiger partial charge in [-0.15, -0.1) is 0 Å². The molecule has 0 aromatic rings. The summed E-state index contributed by atoms with van der Waals surface area (Å²) < 4.78 is 53.0. The van der Waals surface area contributed by atoms with Crippen molar-refractivity contribution in [1.82, 2.24) is 0 Å². The average molecular weight is 557 g/mol. The van der Waals surface area contributed by atoms with Gasteiger partial charge in [-0.25, -0.2) is 4.79 Å². The highest BCUT2D eigenvalue weighted by Crippen LogP contribution is 2.08. The van der Waals surface area contributed by atoms with E-state index in [9.17, 15) is 9.59 Å². The van der Waals surface area contributed by atoms with Crippen LogP contribution < -0.4 is 0 Å². The second kappa shape index (κ2) is 27.2. The average Bonchev–Trinajstić information content (AvgIpc) is 2.84. The van der Waals surface area contributed by atoms with Gasteiger partial charge in [0.2, 0.25) is 0 Å². The van der Waals surface area contributed by atoms with Crippen LogP contribution in [0.25, 0.3) is 0 Å². The largest absolute Gasteiger partial charge is 0.480 e. The Balaban J connectivity index is 3.11. The third-order valence-corrected chi connectivity index (χ3v) is 4.07. The van der Waals surface area contributed by atoms with Crippen molar-refractivity contribution in [3.05, 3.63) is 0 Å². The zero-order valence-electron chi connectivity index (χ0n) is 23.3. The smallest absolute Gasteiger partial charge is 0.329 e. The van der Waals surface area contributed by atoms with Crippen molar-refractivity contribution in [3.8, 4) is 0 Å². The number of carboxylic acids is 1. The molecular weight excluding hydrogens is 508 g/mol. The summed E-state index contributed by atoms with van der Waals surface area (Å²) in [6.45, 7) is 12.4. The molecule has 0 spiro atoms. The number of aliphatic carboxylic acids is 1. The Kier molecular flexibility index (Phi) is 26.1. The van der Waals surface area contributed by atoms with Crippen LogP contribution >= 0.6 is 0 Å². The number of hydrogen-bond donors (Lipinski definition) is 1. The number of carbonyl (C=O) groups is 2. The van der Waals surface area contributed by atoms with Gasteiger partial charge in [-0.3, -0.25) is 4.79 Å². The Morgan fingerprint density at radius 1 is 0.474 bits per heavy atom. The lowest BCUT2D eigenvalue weighted by Gasteiger charge is -2.19. The molecule has 13 nitrogen and oxygen atoms in total. The monoisotopic (exact) mass is 556 g/mol. The van der Waals surface area contributed by atoms with Gasteiger partial charge >= 0.3 is 11.9 Å². The number of hydrogen-bond acceptors (Lipinski definition) is 12. The molecule has 0 radical (unpaired) electrons. The standard InChI is InChI=1S/C25H48O13/c1-25(2,3)38-24(28)4-5-29-6-7-30-8-9-31-10-11-32-12-13-33-14-15-34-16-17-35-18-19-36-20-21-37-22-23(26)27/h4-22H2,1-3H3,(H,26,27). The maximum atomic E-state index is 11.5. The van der Waals surface area contributed by atoms with Crippen LogP contribution in [0.3, 0.4) is 0 Å². The molecule has 0 aliphatic heterocycles. The highest BCUT2D eigenvalue weighted by atomic mass is 16.6. The quantitative estimate of drug-likeness (QED) is 0.103. The molecule has 0 aromatic heterocycles. The molecule has 0 heterocycles. The van der Waals surface area contributed by atoms with Gasteiger partial charge in [0, 0.05) is 0 Å². The SMILES string of the molecule is CC(C)(C)OC(=O)CCOCCOCCOCCOCCOCCOCCOCCOCCOCC(=O)O. The van der Waals surface area contributed by atoms with Crippen LogP contribution in [-0.4, -0.2) is 142 Å². The highest BCUT2D eigenvalue weighted by Gasteiger charge is 2.15. The molecule has 0 aliphatic rings. The predicted octanol–water partition coefficient (Wildman–Crippen LogP) is 0.952. The van der Waals surface area contributed by atoms with E-state index in [1.54, 1.807) is 0 Å². The molecule has 1 N–H and O–H groups in total. The molecule has 0 saturated carbocycles. The van der Waals surface area contributed by atoms with Crippen molar-refractivity contribution in [2.24, 2.45) is 0 Å². The number of carbonyl (C=O) groups excluding carboxylic acids is 1. The Hall–Kier alpha value is -1.42. The minimum Gasteiger partial charge on any atom is -0.480 e. The van der Waals surface area contributed by atoms with Crippen LogP contribution in [0, 0.1) is 0 Å². The van der Waals surface area contributed by atoms with E-state index in [2.05, 4.69) is 0 Å². The van der Waals surface area contributed by atoms with Crippen molar-refractivity contribution in [2.45, 2.75) is 32.8 Å². The molecule has 0 saturated heterocycles. The first-order valence-corrected chi connectivity index (χ1v) is 12.9. The Labute approximate surface area is 226 Å². The maximum absolute atomic E-state index is 11.5. The van der Waals surface area contributed by atoms with E-state index in [4.69, 9.17) is 52.5 Å². The van der Waals surface area contributed by atoms with Crippen LogP contribution in [-0.2, 0) is 57.0 Å². The molecule has 0 fully saturated rings. The first-order chi connectivity index (χ1) is 18.3. The van der Waals surface area contributed by atoms with E-state index >= 15 is 0 Å². The van der Waals surface area contributed by atoms with Crippen LogP contribution in [0.15, 0.2) is 0 Å². The highest BCUT2D eigenvalue weighted by molar-refractivity contribution is 5.69. The zero-order chi connectivity index (χ0) is 28.2. The second-order valence-corrected chi connectivity index (χ2v) is 8.68. The Morgan fingerprint density at radius 3 is 1.00 bits per heavy atom. The van der Waals surface area contributed by atoms with Gasteiger partial charge in [-0.05, 0) is 20.8 Å². The molecule has 0 aromatic carbocycles. The molecule has 0 atom stereocenters. The van der Waals surface area contributed by atoms with Gasteiger partial charge in [0.1, 0.15) is 12.2 Å². The summed E-state index contributed by atoms with van der Waals surface area (Å²) in [5, 5.41) is 8.40. The van der Waals surface area contributed by atoms with Crippen molar-refractivity contribution in [2.75, 3.05) is 119 Å². The lowest BCUT2D eigenvalue weighted by molar-refractivity contribution is -0.156. The third kappa shape index (κ3) is 32.6. The van der Waals surface area contributed by atoms with Crippen LogP contribution in [0.5, 0.6) is 0 Å². The molecule has 0 amide bonds. The summed E-state index contributed by atoms with van der Waals surface area (Å²) in [5.41, 5.74) is -0.476. The molecular formula is C25H48O13. The fraction of sp³-hybridized carbons (Fsp3) is 0.920. The van der Waals surface area contributed by atoms with Crippen LogP contribution in [0.2, 0.25) is 0 Å². The zero-order valence-corrected chi connectivity index (χ0v) is 23.3. The lowest BCUT2D eigenvalue weighted by Crippen LogP contribution is -2.24. The summed E-state index contributed by atoms with van der Waals surface area (Å²) in [6, 6.07) is 0. The summed E-state index contributed by atoms with van der Waals surface area (Å²) in [6.07, 6.45) is 0.227. The van der Waals surface area contributed by atoms with E-state index in [0.717, 1.165) is 0 Å².